The molecule has 3 aromatic rings. The van der Waals surface area contributed by atoms with E-state index < -0.39 is 7.14 Å². The van der Waals surface area contributed by atoms with Crippen molar-refractivity contribution in [3.63, 3.8) is 0 Å². The zero-order chi connectivity index (χ0) is 31.1. The number of hydrogen-bond donors (Lipinski definition) is 3. The van der Waals surface area contributed by atoms with Crippen LogP contribution < -0.4 is 30.9 Å². The van der Waals surface area contributed by atoms with Gasteiger partial charge < -0.3 is 35.1 Å². The maximum absolute atomic E-state index is 13.0. The molecule has 230 valence electrons. The summed E-state index contributed by atoms with van der Waals surface area (Å²) in [6.45, 7) is 15.0. The van der Waals surface area contributed by atoms with Crippen molar-refractivity contribution >= 4 is 52.9 Å². The third-order valence-corrected chi connectivity index (χ3v) is 9.19. The Labute approximate surface area is 255 Å². The van der Waals surface area contributed by atoms with Crippen LogP contribution in [0.15, 0.2) is 55.3 Å². The summed E-state index contributed by atoms with van der Waals surface area (Å²) in [5.74, 6) is 1.69. The number of para-hydroxylation sites is 1. The van der Waals surface area contributed by atoms with Gasteiger partial charge in [0.25, 0.3) is 0 Å². The molecule has 3 N–H and O–H groups in total. The Hall–Kier alpha value is -3.88. The maximum atomic E-state index is 13.0. The lowest BCUT2D eigenvalue weighted by molar-refractivity contribution is -0.111. The number of nitrogens with zero attached hydrogens (tertiary/aromatic N) is 4. The average molecular weight is 606 g/mol. The molecular weight excluding hydrogens is 561 g/mol. The SMILES string of the molecule is C=CC(=O)Nc1cc(Nc2ncc(C3CC3)c(Nc3ccccc3P(C)(C)=O)n2)c(OC)cc1N(C)CCN(CC)CC. The van der Waals surface area contributed by atoms with Crippen LogP contribution in [0.1, 0.15) is 38.2 Å². The number of carbonyl (C=O) groups excluding carboxylic acids is 1. The molecule has 1 aromatic heterocycles. The van der Waals surface area contributed by atoms with Gasteiger partial charge in [-0.3, -0.25) is 4.79 Å². The second-order valence-electron chi connectivity index (χ2n) is 11.1. The summed E-state index contributed by atoms with van der Waals surface area (Å²) in [6.07, 6.45) is 5.25. The van der Waals surface area contributed by atoms with Crippen molar-refractivity contribution in [2.75, 3.05) is 74.5 Å². The molecule has 0 aliphatic heterocycles. The van der Waals surface area contributed by atoms with Crippen LogP contribution in [0, 0.1) is 0 Å². The fourth-order valence-corrected chi connectivity index (χ4v) is 6.08. The van der Waals surface area contributed by atoms with Crippen LogP contribution in [-0.4, -0.2) is 74.4 Å². The van der Waals surface area contributed by atoms with E-state index in [-0.39, 0.29) is 5.91 Å². The average Bonchev–Trinajstić information content (AvgIpc) is 3.83. The van der Waals surface area contributed by atoms with Gasteiger partial charge in [-0.25, -0.2) is 4.98 Å². The van der Waals surface area contributed by atoms with Crippen molar-refractivity contribution in [3.8, 4) is 5.75 Å². The summed E-state index contributed by atoms with van der Waals surface area (Å²) >= 11 is 0. The van der Waals surface area contributed by atoms with Gasteiger partial charge in [0, 0.05) is 43.3 Å². The smallest absolute Gasteiger partial charge is 0.247 e. The standard InChI is InChI=1S/C32H44N7O3P/c1-8-30(40)34-25-19-26(28(42-5)20-27(25)38(4)17-18-39(9-2)10-3)36-32-33-21-23(22-15-16-22)31(37-32)35-24-13-11-12-14-29(24)43(6,7)41/h8,11-14,19-22H,1,9-10,15-18H2,2-7H3,(H,34,40)(H2,33,35,36,37). The van der Waals surface area contributed by atoms with Crippen LogP contribution >= 0.6 is 7.14 Å². The van der Waals surface area contributed by atoms with E-state index in [1.807, 2.05) is 49.6 Å². The number of nitrogens with one attached hydrogen (secondary N) is 3. The molecule has 0 saturated heterocycles. The number of hydrogen-bond acceptors (Lipinski definition) is 9. The number of carbonyl (C=O) groups is 1. The second kappa shape index (κ2) is 14.1. The number of rotatable bonds is 15. The molecule has 4 rings (SSSR count). The number of ether oxygens (including phenoxy) is 1. The van der Waals surface area contributed by atoms with Crippen LogP contribution in [0.2, 0.25) is 0 Å². The minimum absolute atomic E-state index is 0.311. The van der Waals surface area contributed by atoms with Gasteiger partial charge in [0.1, 0.15) is 18.7 Å². The minimum Gasteiger partial charge on any atom is -0.494 e. The molecular formula is C32H44N7O3P. The van der Waals surface area contributed by atoms with Crippen molar-refractivity contribution in [1.29, 1.82) is 0 Å². The highest BCUT2D eigenvalue weighted by Crippen LogP contribution is 2.45. The summed E-state index contributed by atoms with van der Waals surface area (Å²) in [5, 5.41) is 10.5. The predicted octanol–water partition coefficient (Wildman–Crippen LogP) is 6.00. The van der Waals surface area contributed by atoms with E-state index in [2.05, 4.69) is 51.2 Å². The molecule has 1 fully saturated rings. The number of benzene rings is 2. The van der Waals surface area contributed by atoms with E-state index in [1.54, 1.807) is 20.4 Å². The zero-order valence-corrected chi connectivity index (χ0v) is 27.0. The van der Waals surface area contributed by atoms with E-state index in [0.29, 0.717) is 34.8 Å². The van der Waals surface area contributed by atoms with Gasteiger partial charge in [-0.05, 0) is 69.5 Å². The normalized spacial score (nSPS) is 13.0. The molecule has 0 radical (unpaired) electrons. The van der Waals surface area contributed by atoms with Crippen molar-refractivity contribution in [1.82, 2.24) is 14.9 Å². The molecule has 1 aliphatic carbocycles. The van der Waals surface area contributed by atoms with Gasteiger partial charge in [0.05, 0.1) is 29.9 Å². The molecule has 1 heterocycles. The molecule has 1 amide bonds. The van der Waals surface area contributed by atoms with Gasteiger partial charge in [-0.15, -0.1) is 0 Å². The molecule has 0 spiro atoms. The number of amides is 1. The van der Waals surface area contributed by atoms with E-state index in [9.17, 15) is 9.36 Å². The molecule has 0 unspecified atom stereocenters. The van der Waals surface area contributed by atoms with Crippen LogP contribution in [0.3, 0.4) is 0 Å². The van der Waals surface area contributed by atoms with Crippen LogP contribution in [0.25, 0.3) is 0 Å². The first kappa shape index (κ1) is 32.0. The highest BCUT2D eigenvalue weighted by Gasteiger charge is 2.29. The van der Waals surface area contributed by atoms with E-state index in [1.165, 1.54) is 6.08 Å². The van der Waals surface area contributed by atoms with Crippen molar-refractivity contribution < 1.29 is 14.1 Å². The largest absolute Gasteiger partial charge is 0.494 e. The Morgan fingerprint density at radius 1 is 1.09 bits per heavy atom. The van der Waals surface area contributed by atoms with Crippen LogP contribution in [0.4, 0.5) is 34.5 Å². The molecule has 43 heavy (non-hydrogen) atoms. The van der Waals surface area contributed by atoms with Crippen molar-refractivity contribution in [2.45, 2.75) is 32.6 Å². The molecule has 1 aliphatic rings. The molecule has 2 aromatic carbocycles. The Balaban J connectivity index is 1.69. The lowest BCUT2D eigenvalue weighted by Crippen LogP contribution is -2.33. The number of aromatic nitrogens is 2. The maximum Gasteiger partial charge on any atom is 0.247 e. The number of likely N-dealkylation sites (N-methyl/N-ethyl adjacent to an activating group) is 2. The zero-order valence-electron chi connectivity index (χ0n) is 26.1. The van der Waals surface area contributed by atoms with E-state index in [0.717, 1.165) is 61.3 Å². The van der Waals surface area contributed by atoms with Crippen LogP contribution in [0.5, 0.6) is 5.75 Å². The first-order valence-corrected chi connectivity index (χ1v) is 17.3. The molecule has 1 saturated carbocycles. The summed E-state index contributed by atoms with van der Waals surface area (Å²) in [7, 11) is 1.08. The minimum atomic E-state index is -2.53. The number of anilines is 6. The third kappa shape index (κ3) is 8.15. The topological polar surface area (TPSA) is 112 Å². The Kier molecular flexibility index (Phi) is 10.5. The summed E-state index contributed by atoms with van der Waals surface area (Å²) in [6, 6.07) is 11.4. The fraction of sp³-hybridized carbons (Fsp3) is 0.406. The number of methoxy groups -OCH3 is 1. The fourth-order valence-electron chi connectivity index (χ4n) is 4.93. The Morgan fingerprint density at radius 3 is 2.44 bits per heavy atom. The highest BCUT2D eigenvalue weighted by atomic mass is 31.2. The first-order chi connectivity index (χ1) is 20.6. The first-order valence-electron chi connectivity index (χ1n) is 14.7. The van der Waals surface area contributed by atoms with Gasteiger partial charge in [0.15, 0.2) is 0 Å². The summed E-state index contributed by atoms with van der Waals surface area (Å²) in [4.78, 5) is 26.3. The van der Waals surface area contributed by atoms with Crippen LogP contribution in [-0.2, 0) is 9.36 Å². The van der Waals surface area contributed by atoms with Gasteiger partial charge in [0.2, 0.25) is 11.9 Å². The Morgan fingerprint density at radius 2 is 1.81 bits per heavy atom. The Bertz CT molecular complexity index is 1500. The van der Waals surface area contributed by atoms with E-state index >= 15 is 0 Å². The lowest BCUT2D eigenvalue weighted by atomic mass is 10.2. The van der Waals surface area contributed by atoms with Crippen molar-refractivity contribution in [3.05, 3.63) is 60.8 Å². The monoisotopic (exact) mass is 605 g/mol. The predicted molar refractivity (Wildman–Crippen MR) is 179 cm³/mol. The van der Waals surface area contributed by atoms with Crippen molar-refractivity contribution in [2.24, 2.45) is 0 Å². The summed E-state index contributed by atoms with van der Waals surface area (Å²) < 4.78 is 18.8. The van der Waals surface area contributed by atoms with E-state index in [4.69, 9.17) is 9.72 Å². The molecule has 11 heteroatoms. The lowest BCUT2D eigenvalue weighted by Gasteiger charge is -2.27. The molecule has 0 bridgehead atoms. The highest BCUT2D eigenvalue weighted by molar-refractivity contribution is 7.70. The van der Waals surface area contributed by atoms with Gasteiger partial charge >= 0.3 is 0 Å². The van der Waals surface area contributed by atoms with Gasteiger partial charge in [-0.1, -0.05) is 32.6 Å². The quantitative estimate of drug-likeness (QED) is 0.142. The molecule has 0 atom stereocenters. The molecule has 10 nitrogen and oxygen atoms in total. The third-order valence-electron chi connectivity index (χ3n) is 7.64. The second-order valence-corrected chi connectivity index (χ2v) is 14.3. The summed E-state index contributed by atoms with van der Waals surface area (Å²) in [5.41, 5.74) is 3.82. The van der Waals surface area contributed by atoms with Gasteiger partial charge in [-0.2, -0.15) is 4.98 Å².